The molecule has 1 saturated carbocycles. The fraction of sp³-hybridized carbons (Fsp3) is 0.875. The van der Waals surface area contributed by atoms with Gasteiger partial charge in [-0.3, -0.25) is 0 Å². The molecule has 1 saturated heterocycles. The largest absolute Gasteiger partial charge is 0.449 e. The number of rotatable bonds is 7. The zero-order chi connectivity index (χ0) is 20.1. The first kappa shape index (κ1) is 21.7. The van der Waals surface area contributed by atoms with E-state index >= 15 is 0 Å². The molecule has 1 amide bonds. The van der Waals surface area contributed by atoms with E-state index in [2.05, 4.69) is 39.1 Å². The summed E-state index contributed by atoms with van der Waals surface area (Å²) in [5, 5.41) is 3.09. The first-order valence-electron chi connectivity index (χ1n) is 11.7. The molecule has 2 fully saturated rings. The lowest BCUT2D eigenvalue weighted by molar-refractivity contribution is -0.165. The van der Waals surface area contributed by atoms with Crippen LogP contribution in [0.1, 0.15) is 85.5 Å². The second-order valence-corrected chi connectivity index (χ2v) is 9.65. The van der Waals surface area contributed by atoms with Crippen LogP contribution in [0.5, 0.6) is 0 Å². The van der Waals surface area contributed by atoms with E-state index in [-0.39, 0.29) is 11.5 Å². The molecular formula is C24H41NO3. The van der Waals surface area contributed by atoms with Crippen molar-refractivity contribution in [3.8, 4) is 0 Å². The van der Waals surface area contributed by atoms with Crippen molar-refractivity contribution in [2.75, 3.05) is 13.2 Å². The molecule has 4 heteroatoms. The summed E-state index contributed by atoms with van der Waals surface area (Å²) in [5.41, 5.74) is 1.36. The fourth-order valence-electron chi connectivity index (χ4n) is 5.90. The Labute approximate surface area is 171 Å². The molecule has 4 nitrogen and oxygen atoms in total. The number of hydrogen-bond donors (Lipinski definition) is 1. The Bertz CT molecular complexity index is 554. The third-order valence-electron chi connectivity index (χ3n) is 7.85. The van der Waals surface area contributed by atoms with Gasteiger partial charge in [-0.2, -0.15) is 0 Å². The standard InChI is InChI=1S/C24H41NO3/c1-5-6-8-13-21-22-17(2)14-18(3)24(15-27-21,19(22)4)16-28-23(26)25-20-11-9-7-10-12-20/h14,18-22H,5-13,15-16H2,1-4H3,(H,25,26)/t18-,19+,21+,22+,24-/m1/s1. The van der Waals surface area contributed by atoms with Crippen LogP contribution < -0.4 is 5.32 Å². The Morgan fingerprint density at radius 3 is 2.71 bits per heavy atom. The van der Waals surface area contributed by atoms with Gasteiger partial charge in [0.1, 0.15) is 6.61 Å². The van der Waals surface area contributed by atoms with Crippen molar-refractivity contribution in [3.63, 3.8) is 0 Å². The molecule has 2 bridgehead atoms. The molecule has 1 aliphatic heterocycles. The Hall–Kier alpha value is -1.03. The molecule has 1 heterocycles. The lowest BCUT2D eigenvalue weighted by Crippen LogP contribution is -2.57. The minimum atomic E-state index is -0.242. The Morgan fingerprint density at radius 2 is 2.00 bits per heavy atom. The van der Waals surface area contributed by atoms with Crippen LogP contribution in [0.4, 0.5) is 4.79 Å². The van der Waals surface area contributed by atoms with Crippen molar-refractivity contribution in [1.82, 2.24) is 5.32 Å². The van der Waals surface area contributed by atoms with Gasteiger partial charge in [0.25, 0.3) is 0 Å². The summed E-state index contributed by atoms with van der Waals surface area (Å²) in [6.45, 7) is 10.3. The molecule has 1 N–H and O–H groups in total. The molecule has 2 aliphatic carbocycles. The van der Waals surface area contributed by atoms with E-state index in [1.165, 1.54) is 44.1 Å². The van der Waals surface area contributed by atoms with Crippen LogP contribution in [0.25, 0.3) is 0 Å². The maximum atomic E-state index is 12.4. The van der Waals surface area contributed by atoms with Gasteiger partial charge in [0.2, 0.25) is 0 Å². The third-order valence-corrected chi connectivity index (χ3v) is 7.85. The second kappa shape index (κ2) is 9.65. The van der Waals surface area contributed by atoms with Crippen LogP contribution in [-0.2, 0) is 9.47 Å². The van der Waals surface area contributed by atoms with Crippen molar-refractivity contribution in [2.24, 2.45) is 23.2 Å². The van der Waals surface area contributed by atoms with Crippen molar-refractivity contribution in [3.05, 3.63) is 11.6 Å². The van der Waals surface area contributed by atoms with Crippen LogP contribution in [0.2, 0.25) is 0 Å². The van der Waals surface area contributed by atoms with E-state index in [1.54, 1.807) is 0 Å². The normalized spacial score (nSPS) is 35.9. The smallest absolute Gasteiger partial charge is 0.407 e. The number of carbonyl (C=O) groups excluding carboxylic acids is 1. The highest BCUT2D eigenvalue weighted by Gasteiger charge is 2.53. The van der Waals surface area contributed by atoms with E-state index in [4.69, 9.17) is 9.47 Å². The van der Waals surface area contributed by atoms with Gasteiger partial charge in [-0.05, 0) is 38.0 Å². The zero-order valence-electron chi connectivity index (χ0n) is 18.5. The Morgan fingerprint density at radius 1 is 1.25 bits per heavy atom. The molecule has 5 atom stereocenters. The monoisotopic (exact) mass is 391 g/mol. The number of nitrogens with one attached hydrogen (secondary N) is 1. The highest BCUT2D eigenvalue weighted by molar-refractivity contribution is 5.67. The Balaban J connectivity index is 1.62. The molecule has 160 valence electrons. The van der Waals surface area contributed by atoms with Gasteiger partial charge >= 0.3 is 6.09 Å². The van der Waals surface area contributed by atoms with Gasteiger partial charge in [-0.15, -0.1) is 0 Å². The third kappa shape index (κ3) is 4.58. The topological polar surface area (TPSA) is 47.6 Å². The predicted molar refractivity (Wildman–Crippen MR) is 113 cm³/mol. The van der Waals surface area contributed by atoms with Crippen LogP contribution in [0, 0.1) is 23.2 Å². The first-order valence-corrected chi connectivity index (χ1v) is 11.7. The van der Waals surface area contributed by atoms with Gasteiger partial charge in [0, 0.05) is 17.4 Å². The molecule has 0 aromatic heterocycles. The number of unbranched alkanes of at least 4 members (excludes halogenated alkanes) is 2. The maximum absolute atomic E-state index is 12.4. The number of carbonyl (C=O) groups is 1. The molecule has 3 aliphatic rings. The summed E-state index contributed by atoms with van der Waals surface area (Å²) in [4.78, 5) is 12.4. The second-order valence-electron chi connectivity index (χ2n) is 9.65. The Kier molecular flexibility index (Phi) is 7.47. The number of amides is 1. The average molecular weight is 392 g/mol. The lowest BCUT2D eigenvalue weighted by atomic mass is 9.56. The SMILES string of the molecule is CCCCC[C@@H]1OC[C@@]2(COC(=O)NC3CCCCC3)[C@H](C)C=C(C)[C@H]1[C@@H]2C. The van der Waals surface area contributed by atoms with E-state index in [1.807, 2.05) is 0 Å². The molecule has 0 aromatic rings. The van der Waals surface area contributed by atoms with Crippen molar-refractivity contribution < 1.29 is 14.3 Å². The summed E-state index contributed by atoms with van der Waals surface area (Å²) in [5.74, 6) is 1.28. The summed E-state index contributed by atoms with van der Waals surface area (Å²) >= 11 is 0. The van der Waals surface area contributed by atoms with Crippen LogP contribution >= 0.6 is 0 Å². The molecule has 0 spiro atoms. The minimum Gasteiger partial charge on any atom is -0.449 e. The molecule has 0 aromatic carbocycles. The van der Waals surface area contributed by atoms with Crippen LogP contribution in [0.3, 0.4) is 0 Å². The minimum absolute atomic E-state index is 0.102. The van der Waals surface area contributed by atoms with Gasteiger partial charge in [-0.25, -0.2) is 4.79 Å². The van der Waals surface area contributed by atoms with E-state index in [0.717, 1.165) is 19.3 Å². The van der Waals surface area contributed by atoms with Crippen molar-refractivity contribution >= 4 is 6.09 Å². The predicted octanol–water partition coefficient (Wildman–Crippen LogP) is 5.86. The summed E-state index contributed by atoms with van der Waals surface area (Å²) in [6.07, 6.45) is 13.3. The first-order chi connectivity index (χ1) is 13.5. The summed E-state index contributed by atoms with van der Waals surface area (Å²) in [7, 11) is 0. The fourth-order valence-corrected chi connectivity index (χ4v) is 5.90. The number of allylic oxidation sites excluding steroid dienone is 1. The molecule has 28 heavy (non-hydrogen) atoms. The zero-order valence-corrected chi connectivity index (χ0v) is 18.5. The van der Waals surface area contributed by atoms with Crippen molar-refractivity contribution in [1.29, 1.82) is 0 Å². The van der Waals surface area contributed by atoms with Crippen LogP contribution in [-0.4, -0.2) is 31.5 Å². The average Bonchev–Trinajstić information content (AvgIpc) is 2.67. The number of alkyl carbamates (subject to hydrolysis) is 1. The highest BCUT2D eigenvalue weighted by atomic mass is 16.6. The summed E-state index contributed by atoms with van der Waals surface area (Å²) < 4.78 is 12.2. The maximum Gasteiger partial charge on any atom is 0.407 e. The lowest BCUT2D eigenvalue weighted by Gasteiger charge is -2.55. The van der Waals surface area contributed by atoms with Crippen molar-refractivity contribution in [2.45, 2.75) is 97.6 Å². The van der Waals surface area contributed by atoms with E-state index < -0.39 is 0 Å². The van der Waals surface area contributed by atoms with E-state index in [9.17, 15) is 4.79 Å². The van der Waals surface area contributed by atoms with Gasteiger partial charge in [0.15, 0.2) is 0 Å². The summed E-state index contributed by atoms with van der Waals surface area (Å²) in [6, 6.07) is 0.292. The number of ether oxygens (including phenoxy) is 2. The quantitative estimate of drug-likeness (QED) is 0.437. The molecular weight excluding hydrogens is 350 g/mol. The van der Waals surface area contributed by atoms with Crippen LogP contribution in [0.15, 0.2) is 11.6 Å². The molecule has 0 unspecified atom stereocenters. The molecule has 0 radical (unpaired) electrons. The van der Waals surface area contributed by atoms with Gasteiger partial charge in [0.05, 0.1) is 12.7 Å². The molecule has 3 rings (SSSR count). The number of fused-ring (bicyclic) bond motifs is 2. The van der Waals surface area contributed by atoms with E-state index in [0.29, 0.717) is 43.1 Å². The van der Waals surface area contributed by atoms with Gasteiger partial charge in [-0.1, -0.05) is 70.9 Å². The highest BCUT2D eigenvalue weighted by Crippen LogP contribution is 2.53. The van der Waals surface area contributed by atoms with Gasteiger partial charge < -0.3 is 14.8 Å². The number of hydrogen-bond acceptors (Lipinski definition) is 3.